The van der Waals surface area contributed by atoms with Crippen LogP contribution in [0, 0.1) is 5.92 Å². The molecule has 27 heavy (non-hydrogen) atoms. The molecule has 10 nitrogen and oxygen atoms in total. The predicted octanol–water partition coefficient (Wildman–Crippen LogP) is -0.923. The number of aromatic amines is 1. The minimum Gasteiger partial charge on any atom is -0.369 e. The summed E-state index contributed by atoms with van der Waals surface area (Å²) in [5.41, 5.74) is 5.21. The molecular weight excluding hydrogens is 350 g/mol. The van der Waals surface area contributed by atoms with Gasteiger partial charge in [0.2, 0.25) is 11.9 Å². The van der Waals surface area contributed by atoms with E-state index in [-0.39, 0.29) is 12.5 Å². The highest BCUT2D eigenvalue weighted by Crippen LogP contribution is 2.22. The van der Waals surface area contributed by atoms with E-state index in [1.807, 2.05) is 9.47 Å². The van der Waals surface area contributed by atoms with Gasteiger partial charge in [-0.15, -0.1) is 0 Å². The van der Waals surface area contributed by atoms with E-state index in [4.69, 9.17) is 5.73 Å². The van der Waals surface area contributed by atoms with Crippen LogP contribution in [0.15, 0.2) is 9.59 Å². The van der Waals surface area contributed by atoms with Gasteiger partial charge in [0.05, 0.1) is 6.54 Å². The van der Waals surface area contributed by atoms with Crippen LogP contribution in [0.1, 0.15) is 20.3 Å². The maximum atomic E-state index is 12.5. The number of fused-ring (bicyclic) bond motifs is 1. The molecule has 0 atom stereocenters. The lowest BCUT2D eigenvalue weighted by molar-refractivity contribution is -0.119. The number of aromatic nitrogens is 4. The summed E-state index contributed by atoms with van der Waals surface area (Å²) in [5.74, 6) is 0.819. The zero-order valence-electron chi connectivity index (χ0n) is 16.1. The topological polar surface area (TPSA) is 122 Å². The molecule has 0 spiro atoms. The summed E-state index contributed by atoms with van der Waals surface area (Å²) >= 11 is 0. The van der Waals surface area contributed by atoms with Crippen LogP contribution in [0.2, 0.25) is 0 Å². The van der Waals surface area contributed by atoms with Gasteiger partial charge in [-0.2, -0.15) is 4.98 Å². The van der Waals surface area contributed by atoms with Crippen LogP contribution in [0.3, 0.4) is 0 Å². The molecule has 148 valence electrons. The van der Waals surface area contributed by atoms with Crippen molar-refractivity contribution in [2.24, 2.45) is 18.7 Å². The Morgan fingerprint density at radius 1 is 1.22 bits per heavy atom. The molecule has 0 radical (unpaired) electrons. The van der Waals surface area contributed by atoms with Crippen molar-refractivity contribution in [1.82, 2.24) is 24.0 Å². The number of carbonyl (C=O) groups excluding carboxylic acids is 1. The van der Waals surface area contributed by atoms with Crippen molar-refractivity contribution in [1.29, 1.82) is 0 Å². The first-order valence-electron chi connectivity index (χ1n) is 9.23. The van der Waals surface area contributed by atoms with Gasteiger partial charge in [0.15, 0.2) is 11.2 Å². The molecule has 0 aliphatic carbocycles. The van der Waals surface area contributed by atoms with E-state index in [0.717, 1.165) is 6.42 Å². The molecule has 1 aliphatic heterocycles. The molecule has 3 N–H and O–H groups in total. The number of hydrogen-bond donors (Lipinski definition) is 2. The second kappa shape index (κ2) is 7.55. The van der Waals surface area contributed by atoms with Gasteiger partial charge in [-0.3, -0.25) is 24.0 Å². The highest BCUT2D eigenvalue weighted by Gasteiger charge is 2.25. The largest absolute Gasteiger partial charge is 0.369 e. The van der Waals surface area contributed by atoms with E-state index >= 15 is 0 Å². The Morgan fingerprint density at radius 2 is 1.89 bits per heavy atom. The Kier molecular flexibility index (Phi) is 5.36. The molecule has 3 rings (SSSR count). The summed E-state index contributed by atoms with van der Waals surface area (Å²) in [6.07, 6.45) is 0.891. The number of hydrogen-bond acceptors (Lipinski definition) is 6. The fourth-order valence-electron chi connectivity index (χ4n) is 3.39. The number of anilines is 1. The van der Waals surface area contributed by atoms with Crippen molar-refractivity contribution in [2.45, 2.75) is 26.8 Å². The number of nitrogens with zero attached hydrogens (tertiary/aromatic N) is 5. The van der Waals surface area contributed by atoms with Crippen molar-refractivity contribution in [3.05, 3.63) is 20.8 Å². The Balaban J connectivity index is 1.99. The first-order chi connectivity index (χ1) is 12.8. The summed E-state index contributed by atoms with van der Waals surface area (Å²) < 4.78 is 3.28. The van der Waals surface area contributed by atoms with Crippen LogP contribution in [0.5, 0.6) is 0 Å². The molecule has 0 bridgehead atoms. The molecule has 1 saturated heterocycles. The third-order valence-corrected chi connectivity index (χ3v) is 4.95. The van der Waals surface area contributed by atoms with Crippen LogP contribution in [0.4, 0.5) is 5.95 Å². The summed E-state index contributed by atoms with van der Waals surface area (Å²) in [6.45, 7) is 7.85. The first-order valence-corrected chi connectivity index (χ1v) is 9.23. The molecule has 0 saturated carbocycles. The molecule has 2 aromatic heterocycles. The summed E-state index contributed by atoms with van der Waals surface area (Å²) in [5, 5.41) is 0. The summed E-state index contributed by atoms with van der Waals surface area (Å²) in [4.78, 5) is 46.7. The van der Waals surface area contributed by atoms with Gasteiger partial charge in [-0.25, -0.2) is 4.79 Å². The fraction of sp³-hybridized carbons (Fsp3) is 0.647. The van der Waals surface area contributed by atoms with Gasteiger partial charge in [0.1, 0.15) is 0 Å². The number of piperazine rings is 1. The number of H-pyrrole nitrogens is 1. The van der Waals surface area contributed by atoms with Crippen molar-refractivity contribution < 1.29 is 4.79 Å². The van der Waals surface area contributed by atoms with Gasteiger partial charge < -0.3 is 15.2 Å². The smallest absolute Gasteiger partial charge is 0.329 e. The second-order valence-electron chi connectivity index (χ2n) is 7.47. The van der Waals surface area contributed by atoms with Crippen molar-refractivity contribution in [3.63, 3.8) is 0 Å². The standard InChI is InChI=1S/C17H27N7O3/c1-11(2)4-5-24-13-14(21(3)17(27)20-15(13)26)19-16(24)23-8-6-22(7-9-23)10-12(18)25/h11H,4-10H2,1-3H3,(H2,18,25)(H,20,26,27). The maximum Gasteiger partial charge on any atom is 0.329 e. The molecule has 0 aromatic carbocycles. The molecule has 1 amide bonds. The van der Waals surface area contributed by atoms with Crippen LogP contribution in [-0.2, 0) is 18.4 Å². The Labute approximate surface area is 156 Å². The molecule has 2 aromatic rings. The second-order valence-corrected chi connectivity index (χ2v) is 7.47. The third-order valence-electron chi connectivity index (χ3n) is 4.95. The average molecular weight is 377 g/mol. The van der Waals surface area contributed by atoms with Gasteiger partial charge in [0.25, 0.3) is 5.56 Å². The third kappa shape index (κ3) is 3.90. The zero-order chi connectivity index (χ0) is 19.7. The predicted molar refractivity (Wildman–Crippen MR) is 103 cm³/mol. The van der Waals surface area contributed by atoms with Crippen molar-refractivity contribution >= 4 is 23.0 Å². The van der Waals surface area contributed by atoms with Gasteiger partial charge in [-0.1, -0.05) is 13.8 Å². The summed E-state index contributed by atoms with van der Waals surface area (Å²) in [6, 6.07) is 0. The number of nitrogens with two attached hydrogens (primary N) is 1. The number of nitrogens with one attached hydrogen (secondary N) is 1. The van der Waals surface area contributed by atoms with E-state index in [2.05, 4.69) is 28.7 Å². The minimum atomic E-state index is -0.473. The maximum absolute atomic E-state index is 12.5. The lowest BCUT2D eigenvalue weighted by atomic mass is 10.1. The number of imidazole rings is 1. The zero-order valence-corrected chi connectivity index (χ0v) is 16.1. The van der Waals surface area contributed by atoms with Gasteiger partial charge in [0, 0.05) is 39.8 Å². The highest BCUT2D eigenvalue weighted by atomic mass is 16.2. The van der Waals surface area contributed by atoms with Crippen LogP contribution in [-0.4, -0.2) is 62.6 Å². The van der Waals surface area contributed by atoms with E-state index in [0.29, 0.717) is 55.8 Å². The SMILES string of the molecule is CC(C)CCn1c(N2CCN(CC(N)=O)CC2)nc2c1c(=O)[nH]c(=O)n2C. The Morgan fingerprint density at radius 3 is 2.48 bits per heavy atom. The van der Waals surface area contributed by atoms with Crippen molar-refractivity contribution in [2.75, 3.05) is 37.6 Å². The molecular formula is C17H27N7O3. The van der Waals surface area contributed by atoms with E-state index in [1.54, 1.807) is 7.05 Å². The van der Waals surface area contributed by atoms with E-state index in [9.17, 15) is 14.4 Å². The molecule has 1 fully saturated rings. The molecule has 3 heterocycles. The number of primary amides is 1. The molecule has 10 heteroatoms. The van der Waals surface area contributed by atoms with Gasteiger partial charge in [-0.05, 0) is 12.3 Å². The van der Waals surface area contributed by atoms with Crippen LogP contribution >= 0.6 is 0 Å². The average Bonchev–Trinajstić information content (AvgIpc) is 2.98. The fourth-order valence-corrected chi connectivity index (χ4v) is 3.39. The quantitative estimate of drug-likeness (QED) is 0.671. The molecule has 1 aliphatic rings. The molecule has 0 unspecified atom stereocenters. The normalized spacial score (nSPS) is 15.8. The van der Waals surface area contributed by atoms with E-state index in [1.165, 1.54) is 4.57 Å². The number of carbonyl (C=O) groups is 1. The Bertz CT molecular complexity index is 948. The lowest BCUT2D eigenvalue weighted by Crippen LogP contribution is -2.49. The van der Waals surface area contributed by atoms with Crippen LogP contribution in [0.25, 0.3) is 11.2 Å². The van der Waals surface area contributed by atoms with Crippen LogP contribution < -0.4 is 21.9 Å². The monoisotopic (exact) mass is 377 g/mol. The summed E-state index contributed by atoms with van der Waals surface area (Å²) in [7, 11) is 1.61. The number of aryl methyl sites for hydroxylation is 2. The highest BCUT2D eigenvalue weighted by molar-refractivity contribution is 5.76. The minimum absolute atomic E-state index is 0.242. The van der Waals surface area contributed by atoms with Crippen molar-refractivity contribution in [3.8, 4) is 0 Å². The lowest BCUT2D eigenvalue weighted by Gasteiger charge is -2.34. The van der Waals surface area contributed by atoms with Gasteiger partial charge >= 0.3 is 5.69 Å². The Hall–Kier alpha value is -2.62. The van der Waals surface area contributed by atoms with E-state index < -0.39 is 11.2 Å². The number of amides is 1. The first kappa shape index (κ1) is 19.2. The number of rotatable bonds is 6.